The minimum Gasteiger partial charge on any atom is -0.307 e. The molecule has 3 saturated heterocycles. The molecule has 0 spiro atoms. The highest BCUT2D eigenvalue weighted by atomic mass is 35.5. The number of benzene rings is 1. The lowest BCUT2D eigenvalue weighted by molar-refractivity contribution is 0.0425. The van der Waals surface area contributed by atoms with Gasteiger partial charge >= 0.3 is 0 Å². The molecule has 5 heterocycles. The molecule has 1 aromatic carbocycles. The predicted octanol–water partition coefficient (Wildman–Crippen LogP) is 3.18. The number of fused-ring (bicyclic) bond motifs is 6. The second kappa shape index (κ2) is 5.58. The van der Waals surface area contributed by atoms with Crippen LogP contribution in [0.15, 0.2) is 23.0 Å². The monoisotopic (exact) mass is 356 g/mol. The first-order chi connectivity index (χ1) is 12.1. The number of piperidine rings is 3. The summed E-state index contributed by atoms with van der Waals surface area (Å²) in [5, 5.41) is 9.65. The largest absolute Gasteiger partial charge is 0.307 e. The minimum atomic E-state index is 0.0625. The van der Waals surface area contributed by atoms with Gasteiger partial charge in [-0.15, -0.1) is 0 Å². The predicted molar refractivity (Wildman–Crippen MR) is 100 cm³/mol. The molecule has 25 heavy (non-hydrogen) atoms. The van der Waals surface area contributed by atoms with Gasteiger partial charge in [-0.25, -0.2) is 0 Å². The van der Waals surface area contributed by atoms with E-state index in [1.807, 2.05) is 29.7 Å². The number of aromatic nitrogens is 3. The molecule has 6 heteroatoms. The lowest BCUT2D eigenvalue weighted by atomic mass is 9.79. The quantitative estimate of drug-likeness (QED) is 0.767. The zero-order valence-electron chi connectivity index (χ0n) is 14.3. The van der Waals surface area contributed by atoms with Gasteiger partial charge in [-0.3, -0.25) is 9.89 Å². The number of H-pyrrole nitrogens is 1. The van der Waals surface area contributed by atoms with Gasteiger partial charge in [0.25, 0.3) is 5.56 Å². The van der Waals surface area contributed by atoms with Gasteiger partial charge in [-0.05, 0) is 62.9 Å². The summed E-state index contributed by atoms with van der Waals surface area (Å²) in [5.41, 5.74) is 2.55. The Hall–Kier alpha value is -1.85. The summed E-state index contributed by atoms with van der Waals surface area (Å²) in [7, 11) is 0. The lowest BCUT2D eigenvalue weighted by Crippen LogP contribution is -2.49. The highest BCUT2D eigenvalue weighted by Crippen LogP contribution is 2.34. The first-order valence-corrected chi connectivity index (χ1v) is 9.38. The summed E-state index contributed by atoms with van der Waals surface area (Å²) < 4.78 is 1.96. The van der Waals surface area contributed by atoms with Crippen molar-refractivity contribution in [3.05, 3.63) is 39.3 Å². The van der Waals surface area contributed by atoms with Crippen LogP contribution < -0.4 is 5.56 Å². The number of pyridine rings is 1. The van der Waals surface area contributed by atoms with Gasteiger partial charge in [0.05, 0.1) is 10.9 Å². The Balaban J connectivity index is 1.71. The third-order valence-electron chi connectivity index (χ3n) is 6.12. The van der Waals surface area contributed by atoms with Crippen molar-refractivity contribution in [2.24, 2.45) is 11.8 Å². The summed E-state index contributed by atoms with van der Waals surface area (Å²) in [6, 6.07) is 5.75. The van der Waals surface area contributed by atoms with Crippen LogP contribution in [0.1, 0.15) is 18.5 Å². The number of rotatable bonds is 2. The Labute approximate surface area is 150 Å². The van der Waals surface area contributed by atoms with Crippen LogP contribution in [0.2, 0.25) is 5.02 Å². The third kappa shape index (κ3) is 2.33. The molecule has 3 fully saturated rings. The van der Waals surface area contributed by atoms with Crippen LogP contribution in [0.4, 0.5) is 0 Å². The average Bonchev–Trinajstić information content (AvgIpc) is 3.02. The molecule has 0 aliphatic carbocycles. The molecule has 130 valence electrons. The molecule has 3 aliphatic rings. The summed E-state index contributed by atoms with van der Waals surface area (Å²) in [6.45, 7) is 6.22. The zero-order valence-corrected chi connectivity index (χ0v) is 15.0. The van der Waals surface area contributed by atoms with Crippen molar-refractivity contribution >= 4 is 33.4 Å². The van der Waals surface area contributed by atoms with Crippen LogP contribution in [0.5, 0.6) is 0 Å². The molecule has 2 aromatic heterocycles. The van der Waals surface area contributed by atoms with E-state index in [1.165, 1.54) is 25.9 Å². The van der Waals surface area contributed by atoms with E-state index in [9.17, 15) is 4.79 Å². The summed E-state index contributed by atoms with van der Waals surface area (Å²) >= 11 is 6.23. The Bertz CT molecular complexity index is 1030. The smallest absolute Gasteiger partial charge is 0.262 e. The van der Waals surface area contributed by atoms with Crippen molar-refractivity contribution in [2.45, 2.75) is 26.3 Å². The number of halogens is 1. The van der Waals surface area contributed by atoms with Crippen molar-refractivity contribution in [1.29, 1.82) is 0 Å². The van der Waals surface area contributed by atoms with Gasteiger partial charge in [-0.2, -0.15) is 5.10 Å². The standard InChI is InChI=1S/C19H21ClN4O/c1-11-17-18(22-21-11)15-8-14(20)2-3-16(15)24(19(17)25)10-13-9-23-6-4-12(13)5-7-23/h2-3,8,12-13H,4-7,9-10H2,1H3,(H,21,22). The normalized spacial score (nSPS) is 25.9. The molecule has 5 nitrogen and oxygen atoms in total. The summed E-state index contributed by atoms with van der Waals surface area (Å²) in [4.78, 5) is 15.8. The molecule has 3 aliphatic heterocycles. The summed E-state index contributed by atoms with van der Waals surface area (Å²) in [5.74, 6) is 1.28. The van der Waals surface area contributed by atoms with Crippen LogP contribution >= 0.6 is 11.6 Å². The van der Waals surface area contributed by atoms with Gasteiger partial charge in [-0.1, -0.05) is 11.6 Å². The maximum absolute atomic E-state index is 13.2. The highest BCUT2D eigenvalue weighted by Gasteiger charge is 2.34. The molecule has 3 aromatic rings. The molecule has 0 saturated carbocycles. The number of nitrogens with zero attached hydrogens (tertiary/aromatic N) is 3. The van der Waals surface area contributed by atoms with Gasteiger partial charge in [0.1, 0.15) is 5.52 Å². The van der Waals surface area contributed by atoms with E-state index in [4.69, 9.17) is 11.6 Å². The van der Waals surface area contributed by atoms with Crippen LogP contribution in [0, 0.1) is 18.8 Å². The first kappa shape index (κ1) is 15.4. The Morgan fingerprint density at radius 1 is 1.32 bits per heavy atom. The van der Waals surface area contributed by atoms with Crippen molar-refractivity contribution in [3.8, 4) is 0 Å². The van der Waals surface area contributed by atoms with Gasteiger partial charge in [0.2, 0.25) is 0 Å². The lowest BCUT2D eigenvalue weighted by Gasteiger charge is -2.45. The molecular weight excluding hydrogens is 336 g/mol. The summed E-state index contributed by atoms with van der Waals surface area (Å²) in [6.07, 6.45) is 2.52. The number of hydrogen-bond acceptors (Lipinski definition) is 3. The van der Waals surface area contributed by atoms with Crippen molar-refractivity contribution in [1.82, 2.24) is 19.7 Å². The number of aryl methyl sites for hydroxylation is 1. The van der Waals surface area contributed by atoms with Crippen LogP contribution in [0.3, 0.4) is 0 Å². The second-order valence-electron chi connectivity index (χ2n) is 7.55. The van der Waals surface area contributed by atoms with Crippen molar-refractivity contribution < 1.29 is 0 Å². The third-order valence-corrected chi connectivity index (χ3v) is 6.35. The maximum atomic E-state index is 13.2. The first-order valence-electron chi connectivity index (χ1n) is 9.01. The van der Waals surface area contributed by atoms with E-state index in [0.717, 1.165) is 41.1 Å². The topological polar surface area (TPSA) is 53.9 Å². The van der Waals surface area contributed by atoms with E-state index >= 15 is 0 Å². The van der Waals surface area contributed by atoms with Crippen LogP contribution in [0.25, 0.3) is 21.8 Å². The van der Waals surface area contributed by atoms with Gasteiger partial charge in [0, 0.05) is 29.2 Å². The second-order valence-corrected chi connectivity index (χ2v) is 7.98. The minimum absolute atomic E-state index is 0.0625. The zero-order chi connectivity index (χ0) is 17.1. The average molecular weight is 357 g/mol. The number of aromatic amines is 1. The fraction of sp³-hybridized carbons (Fsp3) is 0.474. The molecule has 2 bridgehead atoms. The molecule has 0 radical (unpaired) electrons. The molecular formula is C19H21ClN4O. The van der Waals surface area contributed by atoms with E-state index < -0.39 is 0 Å². The highest BCUT2D eigenvalue weighted by molar-refractivity contribution is 6.31. The number of hydrogen-bond donors (Lipinski definition) is 1. The molecule has 1 atom stereocenters. The SMILES string of the molecule is Cc1[nH]nc2c1c(=O)n(CC1CN3CCC1CC3)c1ccc(Cl)cc21. The van der Waals surface area contributed by atoms with Crippen LogP contribution in [-0.2, 0) is 6.54 Å². The van der Waals surface area contributed by atoms with Crippen LogP contribution in [-0.4, -0.2) is 39.3 Å². The van der Waals surface area contributed by atoms with Gasteiger partial charge in [0.15, 0.2) is 0 Å². The molecule has 1 N–H and O–H groups in total. The van der Waals surface area contributed by atoms with E-state index in [-0.39, 0.29) is 5.56 Å². The Kier molecular flexibility index (Phi) is 3.44. The van der Waals surface area contributed by atoms with E-state index in [0.29, 0.717) is 16.3 Å². The Morgan fingerprint density at radius 2 is 2.12 bits per heavy atom. The maximum Gasteiger partial charge on any atom is 0.262 e. The fourth-order valence-electron chi connectivity index (χ4n) is 4.77. The van der Waals surface area contributed by atoms with Gasteiger partial charge < -0.3 is 9.47 Å². The fourth-order valence-corrected chi connectivity index (χ4v) is 4.95. The molecule has 0 amide bonds. The Morgan fingerprint density at radius 3 is 2.84 bits per heavy atom. The molecule has 6 rings (SSSR count). The van der Waals surface area contributed by atoms with Crippen molar-refractivity contribution in [3.63, 3.8) is 0 Å². The molecule has 1 unspecified atom stereocenters. The van der Waals surface area contributed by atoms with Crippen molar-refractivity contribution in [2.75, 3.05) is 19.6 Å². The number of nitrogens with one attached hydrogen (secondary N) is 1. The van der Waals surface area contributed by atoms with E-state index in [2.05, 4.69) is 15.1 Å². The van der Waals surface area contributed by atoms with E-state index in [1.54, 1.807) is 0 Å².